The zero-order valence-electron chi connectivity index (χ0n) is 8.50. The first-order chi connectivity index (χ1) is 6.16. The van der Waals surface area contributed by atoms with Gasteiger partial charge in [-0.05, 0) is 19.6 Å². The minimum atomic E-state index is 0.835. The molecule has 0 atom stereocenters. The summed E-state index contributed by atoms with van der Waals surface area (Å²) >= 11 is 1.93. The number of nitrogens with two attached hydrogens (primary N) is 1. The maximum Gasteiger partial charge on any atom is 0.0825 e. The first-order valence-corrected chi connectivity index (χ1v) is 5.69. The van der Waals surface area contributed by atoms with E-state index in [9.17, 15) is 0 Å². The van der Waals surface area contributed by atoms with Gasteiger partial charge in [0.15, 0.2) is 0 Å². The number of nitrogen functional groups attached to an aromatic ring is 1. The largest absolute Gasteiger partial charge is 0.396 e. The Hall–Kier alpha value is -0.640. The molecule has 0 spiro atoms. The van der Waals surface area contributed by atoms with Crippen LogP contribution >= 0.6 is 11.8 Å². The Bertz CT molecular complexity index is 281. The number of nitrogens with zero attached hydrogens (tertiary/aromatic N) is 2. The SMILES string of the molecule is CCSCCn1nc(C)c(N)c1C. The number of aromatic nitrogens is 2. The summed E-state index contributed by atoms with van der Waals surface area (Å²) in [6.45, 7) is 7.10. The Kier molecular flexibility index (Phi) is 3.66. The van der Waals surface area contributed by atoms with E-state index in [2.05, 4.69) is 12.0 Å². The van der Waals surface area contributed by atoms with Crippen molar-refractivity contribution in [2.75, 3.05) is 17.2 Å². The lowest BCUT2D eigenvalue weighted by Gasteiger charge is -2.02. The molecule has 0 aromatic carbocycles. The molecule has 0 aliphatic carbocycles. The fourth-order valence-corrected chi connectivity index (χ4v) is 1.81. The molecule has 0 amide bonds. The molecule has 74 valence electrons. The molecule has 0 aliphatic rings. The zero-order valence-corrected chi connectivity index (χ0v) is 9.32. The zero-order chi connectivity index (χ0) is 9.84. The monoisotopic (exact) mass is 199 g/mol. The van der Waals surface area contributed by atoms with E-state index in [4.69, 9.17) is 5.73 Å². The van der Waals surface area contributed by atoms with Gasteiger partial charge in [0, 0.05) is 5.75 Å². The standard InChI is InChI=1S/C9H17N3S/c1-4-13-6-5-12-8(3)9(10)7(2)11-12/h4-6,10H2,1-3H3. The Labute approximate surface area is 83.7 Å². The van der Waals surface area contributed by atoms with Crippen LogP contribution in [0, 0.1) is 13.8 Å². The number of hydrogen-bond donors (Lipinski definition) is 1. The molecule has 0 aliphatic heterocycles. The second kappa shape index (κ2) is 4.56. The highest BCUT2D eigenvalue weighted by molar-refractivity contribution is 7.99. The maximum absolute atomic E-state index is 5.82. The molecule has 4 heteroatoms. The van der Waals surface area contributed by atoms with Crippen LogP contribution in [0.5, 0.6) is 0 Å². The van der Waals surface area contributed by atoms with Crippen LogP contribution in [0.2, 0.25) is 0 Å². The molecule has 0 saturated carbocycles. The number of anilines is 1. The molecule has 0 fully saturated rings. The molecule has 1 aromatic rings. The van der Waals surface area contributed by atoms with E-state index in [1.807, 2.05) is 30.3 Å². The van der Waals surface area contributed by atoms with Crippen LogP contribution in [0.1, 0.15) is 18.3 Å². The lowest BCUT2D eigenvalue weighted by Crippen LogP contribution is -2.05. The predicted octanol–water partition coefficient (Wildman–Crippen LogP) is 1.84. The molecular weight excluding hydrogens is 182 g/mol. The first-order valence-electron chi connectivity index (χ1n) is 4.54. The third-order valence-electron chi connectivity index (χ3n) is 2.09. The van der Waals surface area contributed by atoms with Crippen molar-refractivity contribution in [2.24, 2.45) is 0 Å². The third-order valence-corrected chi connectivity index (χ3v) is 2.97. The van der Waals surface area contributed by atoms with Crippen molar-refractivity contribution in [2.45, 2.75) is 27.3 Å². The minimum absolute atomic E-state index is 0.835. The normalized spacial score (nSPS) is 10.7. The highest BCUT2D eigenvalue weighted by atomic mass is 32.2. The number of rotatable bonds is 4. The molecule has 0 saturated heterocycles. The van der Waals surface area contributed by atoms with Gasteiger partial charge in [-0.25, -0.2) is 0 Å². The summed E-state index contributed by atoms with van der Waals surface area (Å²) in [5.41, 5.74) is 8.69. The lowest BCUT2D eigenvalue weighted by molar-refractivity contribution is 0.640. The summed E-state index contributed by atoms with van der Waals surface area (Å²) in [5, 5.41) is 4.36. The average molecular weight is 199 g/mol. The van der Waals surface area contributed by atoms with Crippen LogP contribution in [0.15, 0.2) is 0 Å². The van der Waals surface area contributed by atoms with Crippen molar-refractivity contribution < 1.29 is 0 Å². The van der Waals surface area contributed by atoms with E-state index >= 15 is 0 Å². The molecule has 1 heterocycles. The van der Waals surface area contributed by atoms with Crippen molar-refractivity contribution >= 4 is 17.4 Å². The van der Waals surface area contributed by atoms with Crippen LogP contribution in [0.4, 0.5) is 5.69 Å². The van der Waals surface area contributed by atoms with Crippen LogP contribution in [-0.2, 0) is 6.54 Å². The van der Waals surface area contributed by atoms with E-state index in [0.717, 1.165) is 35.1 Å². The summed E-state index contributed by atoms with van der Waals surface area (Å²) in [5.74, 6) is 2.27. The van der Waals surface area contributed by atoms with Gasteiger partial charge in [0.05, 0.1) is 23.6 Å². The van der Waals surface area contributed by atoms with Gasteiger partial charge in [0.1, 0.15) is 0 Å². The van der Waals surface area contributed by atoms with Gasteiger partial charge < -0.3 is 5.73 Å². The van der Waals surface area contributed by atoms with Crippen molar-refractivity contribution in [1.29, 1.82) is 0 Å². The molecule has 3 nitrogen and oxygen atoms in total. The Balaban J connectivity index is 2.61. The highest BCUT2D eigenvalue weighted by Crippen LogP contribution is 2.15. The molecule has 0 bridgehead atoms. The fourth-order valence-electron chi connectivity index (χ4n) is 1.22. The van der Waals surface area contributed by atoms with Gasteiger partial charge in [-0.2, -0.15) is 16.9 Å². The van der Waals surface area contributed by atoms with E-state index in [-0.39, 0.29) is 0 Å². The molecule has 1 rings (SSSR count). The van der Waals surface area contributed by atoms with Crippen LogP contribution in [-0.4, -0.2) is 21.3 Å². The summed E-state index contributed by atoms with van der Waals surface area (Å²) in [6.07, 6.45) is 0. The second-order valence-corrected chi connectivity index (χ2v) is 4.40. The van der Waals surface area contributed by atoms with Crippen molar-refractivity contribution in [3.05, 3.63) is 11.4 Å². The molecule has 0 unspecified atom stereocenters. The maximum atomic E-state index is 5.82. The van der Waals surface area contributed by atoms with E-state index in [0.29, 0.717) is 0 Å². The summed E-state index contributed by atoms with van der Waals surface area (Å²) < 4.78 is 1.99. The topological polar surface area (TPSA) is 43.8 Å². The number of hydrogen-bond acceptors (Lipinski definition) is 3. The van der Waals surface area contributed by atoms with E-state index in [1.165, 1.54) is 0 Å². The number of aryl methyl sites for hydroxylation is 2. The van der Waals surface area contributed by atoms with Crippen molar-refractivity contribution in [1.82, 2.24) is 9.78 Å². The summed E-state index contributed by atoms with van der Waals surface area (Å²) in [4.78, 5) is 0. The highest BCUT2D eigenvalue weighted by Gasteiger charge is 2.06. The third kappa shape index (κ3) is 2.40. The van der Waals surface area contributed by atoms with Gasteiger partial charge in [-0.3, -0.25) is 4.68 Å². The molecular formula is C9H17N3S. The van der Waals surface area contributed by atoms with Crippen LogP contribution in [0.3, 0.4) is 0 Å². The van der Waals surface area contributed by atoms with Crippen LogP contribution in [0.25, 0.3) is 0 Å². The number of thioether (sulfide) groups is 1. The van der Waals surface area contributed by atoms with Crippen molar-refractivity contribution in [3.63, 3.8) is 0 Å². The van der Waals surface area contributed by atoms with Gasteiger partial charge in [-0.15, -0.1) is 0 Å². The van der Waals surface area contributed by atoms with E-state index < -0.39 is 0 Å². The Morgan fingerprint density at radius 1 is 1.46 bits per heavy atom. The first kappa shape index (κ1) is 10.4. The van der Waals surface area contributed by atoms with Gasteiger partial charge in [0.25, 0.3) is 0 Å². The van der Waals surface area contributed by atoms with Crippen LogP contribution < -0.4 is 5.73 Å². The summed E-state index contributed by atoms with van der Waals surface area (Å²) in [6, 6.07) is 0. The van der Waals surface area contributed by atoms with Gasteiger partial charge in [-0.1, -0.05) is 6.92 Å². The summed E-state index contributed by atoms with van der Waals surface area (Å²) in [7, 11) is 0. The average Bonchev–Trinajstić information content (AvgIpc) is 2.34. The lowest BCUT2D eigenvalue weighted by atomic mass is 10.3. The van der Waals surface area contributed by atoms with Crippen molar-refractivity contribution in [3.8, 4) is 0 Å². The molecule has 2 N–H and O–H groups in total. The van der Waals surface area contributed by atoms with Gasteiger partial charge >= 0.3 is 0 Å². The molecule has 1 aromatic heterocycles. The Morgan fingerprint density at radius 2 is 2.15 bits per heavy atom. The van der Waals surface area contributed by atoms with E-state index in [1.54, 1.807) is 0 Å². The fraction of sp³-hybridized carbons (Fsp3) is 0.667. The van der Waals surface area contributed by atoms with Gasteiger partial charge in [0.2, 0.25) is 0 Å². The second-order valence-electron chi connectivity index (χ2n) is 3.00. The molecule has 0 radical (unpaired) electrons. The minimum Gasteiger partial charge on any atom is -0.396 e. The predicted molar refractivity (Wildman–Crippen MR) is 59.1 cm³/mol. The molecule has 13 heavy (non-hydrogen) atoms. The smallest absolute Gasteiger partial charge is 0.0825 e. The quantitative estimate of drug-likeness (QED) is 0.752. The Morgan fingerprint density at radius 3 is 2.62 bits per heavy atom.